The van der Waals surface area contributed by atoms with E-state index in [4.69, 9.17) is 0 Å². The van der Waals surface area contributed by atoms with Crippen molar-refractivity contribution < 1.29 is 9.13 Å². The Labute approximate surface area is 166 Å². The number of hydrogen-bond donors (Lipinski definition) is 0. The van der Waals surface area contributed by atoms with Gasteiger partial charge in [-0.3, -0.25) is 0 Å². The Bertz CT molecular complexity index is 948. The summed E-state index contributed by atoms with van der Waals surface area (Å²) in [6.07, 6.45) is 20.2. The van der Waals surface area contributed by atoms with Crippen molar-refractivity contribution in [1.82, 2.24) is 9.97 Å². The largest absolute Gasteiger partial charge is 0.437 e. The topological polar surface area (TPSA) is 33.5 Å². The molecule has 0 aromatic carbocycles. The molecule has 140 valence electrons. The summed E-state index contributed by atoms with van der Waals surface area (Å²) < 4.78 is 4.18. The van der Waals surface area contributed by atoms with Crippen LogP contribution in [0.2, 0.25) is 0 Å². The first-order valence-electron chi connectivity index (χ1n) is 9.91. The maximum atomic E-state index is 4.27. The fourth-order valence-electron chi connectivity index (χ4n) is 3.46. The number of aryl methyl sites for hydroxylation is 1. The minimum atomic E-state index is 0.679. The molecule has 0 spiro atoms. The third kappa shape index (κ3) is 4.58. The highest BCUT2D eigenvalue weighted by molar-refractivity contribution is 5.61. The van der Waals surface area contributed by atoms with Crippen molar-refractivity contribution in [2.24, 2.45) is 0 Å². The molecular formula is C24H26N4+2. The number of aromatic nitrogens is 4. The van der Waals surface area contributed by atoms with Gasteiger partial charge in [0.1, 0.15) is 18.9 Å². The molecule has 4 rings (SSSR count). The summed E-state index contributed by atoms with van der Waals surface area (Å²) in [4.78, 5) is 8.53. The molecule has 0 aliphatic heterocycles. The van der Waals surface area contributed by atoms with Crippen molar-refractivity contribution in [3.05, 3.63) is 91.3 Å². The maximum absolute atomic E-state index is 4.27. The molecule has 0 N–H and O–H groups in total. The van der Waals surface area contributed by atoms with E-state index in [1.54, 1.807) is 18.0 Å². The average molecular weight is 371 g/mol. The highest BCUT2D eigenvalue weighted by atomic mass is 15.1. The molecule has 1 aliphatic rings. The highest BCUT2D eigenvalue weighted by Gasteiger charge is 2.12. The smallest absolute Gasteiger partial charge is 0.206 e. The van der Waals surface area contributed by atoms with Crippen LogP contribution in [0.1, 0.15) is 32.1 Å². The first-order valence-corrected chi connectivity index (χ1v) is 9.91. The summed E-state index contributed by atoms with van der Waals surface area (Å²) in [6.45, 7) is 5.06. The van der Waals surface area contributed by atoms with Gasteiger partial charge in [-0.15, -0.1) is 0 Å². The Kier molecular flexibility index (Phi) is 5.66. The van der Waals surface area contributed by atoms with Crippen LogP contribution < -0.4 is 9.13 Å². The molecule has 1 saturated carbocycles. The lowest BCUT2D eigenvalue weighted by Crippen LogP contribution is -2.32. The number of pyridine rings is 2. The van der Waals surface area contributed by atoms with Gasteiger partial charge >= 0.3 is 5.95 Å². The van der Waals surface area contributed by atoms with Gasteiger partial charge in [-0.2, -0.15) is 0 Å². The normalized spacial score (nSPS) is 13.3. The second-order valence-corrected chi connectivity index (χ2v) is 7.33. The van der Waals surface area contributed by atoms with Crippen LogP contribution in [0, 0.1) is 0 Å². The quantitative estimate of drug-likeness (QED) is 0.356. The summed E-state index contributed by atoms with van der Waals surface area (Å²) in [6, 6.07) is 10.4. The van der Waals surface area contributed by atoms with E-state index in [-0.39, 0.29) is 0 Å². The first-order chi connectivity index (χ1) is 13.8. The van der Waals surface area contributed by atoms with Crippen LogP contribution in [0.15, 0.2) is 91.3 Å². The van der Waals surface area contributed by atoms with Crippen molar-refractivity contribution in [3.63, 3.8) is 0 Å². The Balaban J connectivity index is 1.29. The van der Waals surface area contributed by atoms with Gasteiger partial charge in [0.25, 0.3) is 0 Å². The molecule has 28 heavy (non-hydrogen) atoms. The van der Waals surface area contributed by atoms with E-state index in [0.717, 1.165) is 19.4 Å². The van der Waals surface area contributed by atoms with E-state index in [1.165, 1.54) is 36.0 Å². The standard InChI is InChI=1S/C24H26N4/c1-20-18-21(19-20)6-3-2-4-13-27-14-7-22(8-15-27)23-9-16-28(17-10-23)24-25-11-5-12-26-24/h5-12,14-17H,1-4,13,18-19H2/q+2. The SMILES string of the molecule is C=C1CC(=CCCCC[n+]2ccc(-c3cc[n+](-c4ncccn4)cc3)cc2)C1. The van der Waals surface area contributed by atoms with E-state index in [9.17, 15) is 0 Å². The fourth-order valence-corrected chi connectivity index (χ4v) is 3.46. The molecule has 0 unspecified atom stereocenters. The Morgan fingerprint density at radius 2 is 1.54 bits per heavy atom. The third-order valence-corrected chi connectivity index (χ3v) is 5.09. The Hall–Kier alpha value is -3.14. The second kappa shape index (κ2) is 8.70. The fraction of sp³-hybridized carbons (Fsp3) is 0.250. The minimum Gasteiger partial charge on any atom is -0.206 e. The number of hydrogen-bond acceptors (Lipinski definition) is 2. The molecule has 0 saturated heterocycles. The zero-order valence-corrected chi connectivity index (χ0v) is 16.2. The van der Waals surface area contributed by atoms with Gasteiger partial charge < -0.3 is 0 Å². The van der Waals surface area contributed by atoms with Gasteiger partial charge in [-0.25, -0.2) is 9.13 Å². The van der Waals surface area contributed by atoms with Crippen molar-refractivity contribution in [3.8, 4) is 17.1 Å². The first kappa shape index (κ1) is 18.2. The minimum absolute atomic E-state index is 0.679. The second-order valence-electron chi connectivity index (χ2n) is 7.33. The zero-order chi connectivity index (χ0) is 19.2. The van der Waals surface area contributed by atoms with Crippen LogP contribution in [0.3, 0.4) is 0 Å². The van der Waals surface area contributed by atoms with Gasteiger partial charge in [-0.05, 0) is 48.9 Å². The summed E-state index contributed by atoms with van der Waals surface area (Å²) in [5, 5.41) is 0. The van der Waals surface area contributed by atoms with Gasteiger partial charge in [0.2, 0.25) is 0 Å². The number of rotatable bonds is 7. The van der Waals surface area contributed by atoms with Gasteiger partial charge in [0.15, 0.2) is 12.4 Å². The molecule has 3 aromatic heterocycles. The van der Waals surface area contributed by atoms with Crippen molar-refractivity contribution in [2.75, 3.05) is 0 Å². The Morgan fingerprint density at radius 1 is 0.893 bits per heavy atom. The Morgan fingerprint density at radius 3 is 2.18 bits per heavy atom. The van der Waals surface area contributed by atoms with Gasteiger partial charge in [0, 0.05) is 24.6 Å². The van der Waals surface area contributed by atoms with E-state index >= 15 is 0 Å². The highest BCUT2D eigenvalue weighted by Crippen LogP contribution is 2.30. The lowest BCUT2D eigenvalue weighted by molar-refractivity contribution is -0.697. The van der Waals surface area contributed by atoms with Crippen LogP contribution in [-0.4, -0.2) is 9.97 Å². The van der Waals surface area contributed by atoms with Gasteiger partial charge in [-0.1, -0.05) is 33.8 Å². The van der Waals surface area contributed by atoms with Crippen molar-refractivity contribution in [2.45, 2.75) is 38.6 Å². The van der Waals surface area contributed by atoms with E-state index < -0.39 is 0 Å². The van der Waals surface area contributed by atoms with Crippen LogP contribution in [0.5, 0.6) is 0 Å². The summed E-state index contributed by atoms with van der Waals surface area (Å²) in [5.74, 6) is 0.679. The molecule has 4 nitrogen and oxygen atoms in total. The van der Waals surface area contributed by atoms with Crippen molar-refractivity contribution in [1.29, 1.82) is 0 Å². The van der Waals surface area contributed by atoms with Gasteiger partial charge in [0.05, 0.1) is 12.4 Å². The summed E-state index contributed by atoms with van der Waals surface area (Å²) in [5.41, 5.74) is 5.36. The average Bonchev–Trinajstić information content (AvgIpc) is 2.73. The van der Waals surface area contributed by atoms with Crippen LogP contribution in [-0.2, 0) is 6.54 Å². The van der Waals surface area contributed by atoms with E-state index in [1.807, 2.05) is 23.0 Å². The van der Waals surface area contributed by atoms with Crippen LogP contribution >= 0.6 is 0 Å². The number of unbranched alkanes of at least 4 members (excludes halogenated alkanes) is 2. The number of nitrogens with zero attached hydrogens (tertiary/aromatic N) is 4. The summed E-state index contributed by atoms with van der Waals surface area (Å²) in [7, 11) is 0. The molecule has 1 fully saturated rings. The maximum Gasteiger partial charge on any atom is 0.437 e. The monoisotopic (exact) mass is 370 g/mol. The molecular weight excluding hydrogens is 344 g/mol. The molecule has 1 aliphatic carbocycles. The summed E-state index contributed by atoms with van der Waals surface area (Å²) >= 11 is 0. The van der Waals surface area contributed by atoms with E-state index in [2.05, 4.69) is 63.8 Å². The van der Waals surface area contributed by atoms with Crippen LogP contribution in [0.25, 0.3) is 17.1 Å². The van der Waals surface area contributed by atoms with E-state index in [0.29, 0.717) is 5.95 Å². The molecule has 4 heteroatoms. The zero-order valence-electron chi connectivity index (χ0n) is 16.2. The molecule has 3 aromatic rings. The third-order valence-electron chi connectivity index (χ3n) is 5.09. The lowest BCUT2D eigenvalue weighted by Gasteiger charge is -2.19. The molecule has 0 radical (unpaired) electrons. The predicted octanol–water partition coefficient (Wildman–Crippen LogP) is 4.15. The molecule has 0 atom stereocenters. The molecule has 0 amide bonds. The van der Waals surface area contributed by atoms with Crippen LogP contribution in [0.4, 0.5) is 0 Å². The van der Waals surface area contributed by atoms with Crippen molar-refractivity contribution >= 4 is 0 Å². The lowest BCUT2D eigenvalue weighted by atomic mass is 9.86. The molecule has 3 heterocycles. The predicted molar refractivity (Wildman–Crippen MR) is 110 cm³/mol. The number of allylic oxidation sites excluding steroid dienone is 3. The molecule has 0 bridgehead atoms.